The molecule has 0 aromatic rings. The molecule has 0 saturated carbocycles. The second kappa shape index (κ2) is 31.8. The average molecular weight is 971 g/mol. The number of carbonyl (C=O) groups excluding carboxylic acids is 2. The number of hydrogen-bond donors (Lipinski definition) is 9. The van der Waals surface area contributed by atoms with Crippen molar-refractivity contribution < 1.29 is 98.2 Å². The van der Waals surface area contributed by atoms with E-state index in [4.69, 9.17) is 42.6 Å². The zero-order valence-corrected chi connectivity index (χ0v) is 40.5. The molecule has 3 fully saturated rings. The number of ketones is 2. The Kier molecular flexibility index (Phi) is 28.5. The fourth-order valence-electron chi connectivity index (χ4n) is 8.70. The van der Waals surface area contributed by atoms with Gasteiger partial charge in [0.25, 0.3) is 0 Å². The Morgan fingerprint density at radius 3 is 1.15 bits per heavy atom. The van der Waals surface area contributed by atoms with Gasteiger partial charge in [0.15, 0.2) is 30.4 Å². The van der Waals surface area contributed by atoms with Gasteiger partial charge in [-0.15, -0.1) is 0 Å². The summed E-state index contributed by atoms with van der Waals surface area (Å²) in [6, 6.07) is 0. The number of rotatable bonds is 35. The lowest BCUT2D eigenvalue weighted by atomic mass is 9.82. The smallest absolute Gasteiger partial charge is 0.163 e. The van der Waals surface area contributed by atoms with Crippen molar-refractivity contribution in [1.29, 1.82) is 0 Å². The number of aliphatic hydroxyl groups excluding tert-OH is 9. The minimum atomic E-state index is -1.21. The molecule has 0 bridgehead atoms. The Hall–Kier alpha value is -1.38. The minimum absolute atomic E-state index is 0.0948. The van der Waals surface area contributed by atoms with Gasteiger partial charge in [-0.25, -0.2) is 0 Å². The topological polar surface area (TPSA) is 299 Å². The van der Waals surface area contributed by atoms with E-state index in [0.29, 0.717) is 45.3 Å². The molecule has 3 rings (SSSR count). The monoisotopic (exact) mass is 971 g/mol. The highest BCUT2D eigenvalue weighted by Crippen LogP contribution is 2.31. The second-order valence-corrected chi connectivity index (χ2v) is 19.4. The number of aliphatic hydroxyl groups is 9. The molecule has 394 valence electrons. The first-order valence-electron chi connectivity index (χ1n) is 24.5. The SMILES string of the molecule is CC(C)CC(COCCCCCCO[C@@H]1OC(CO)[C@H](O)[C@H](O)C1C)(COCC(=O)CCCCO[C@@H]1OC(CO)[C@H](O)[C@H](O)C1C)COCC(=O)CCCCO[C@@H]1OC(CO)[C@H](O)[C@H](O)C1C. The lowest BCUT2D eigenvalue weighted by molar-refractivity contribution is -0.282. The Labute approximate surface area is 396 Å². The van der Waals surface area contributed by atoms with E-state index < -0.39 is 117 Å². The van der Waals surface area contributed by atoms with Gasteiger partial charge in [-0.2, -0.15) is 0 Å². The first-order chi connectivity index (χ1) is 32.0. The summed E-state index contributed by atoms with van der Waals surface area (Å²) < 4.78 is 52.6. The van der Waals surface area contributed by atoms with Crippen molar-refractivity contribution in [3.05, 3.63) is 0 Å². The van der Waals surface area contributed by atoms with Crippen molar-refractivity contribution in [2.75, 3.05) is 79.3 Å². The van der Waals surface area contributed by atoms with Crippen molar-refractivity contribution in [2.24, 2.45) is 29.1 Å². The summed E-state index contributed by atoms with van der Waals surface area (Å²) in [6.07, 6.45) is -5.52. The van der Waals surface area contributed by atoms with E-state index >= 15 is 0 Å². The fraction of sp³-hybridized carbons (Fsp3) is 0.957. The van der Waals surface area contributed by atoms with Gasteiger partial charge >= 0.3 is 0 Å². The highest BCUT2D eigenvalue weighted by molar-refractivity contribution is 5.79. The number of carbonyl (C=O) groups is 2. The van der Waals surface area contributed by atoms with Gasteiger partial charge < -0.3 is 88.6 Å². The van der Waals surface area contributed by atoms with Crippen LogP contribution in [0.3, 0.4) is 0 Å². The van der Waals surface area contributed by atoms with Crippen LogP contribution >= 0.6 is 0 Å². The summed E-state index contributed by atoms with van der Waals surface area (Å²) in [6.45, 7) is 9.63. The summed E-state index contributed by atoms with van der Waals surface area (Å²) in [5.74, 6) is -1.46. The lowest BCUT2D eigenvalue weighted by Gasteiger charge is -2.40. The van der Waals surface area contributed by atoms with Gasteiger partial charge in [0.1, 0.15) is 49.8 Å². The lowest BCUT2D eigenvalue weighted by Crippen LogP contribution is -2.55. The molecule has 0 aromatic carbocycles. The Morgan fingerprint density at radius 1 is 0.478 bits per heavy atom. The maximum atomic E-state index is 12.9. The largest absolute Gasteiger partial charge is 0.394 e. The quantitative estimate of drug-likeness (QED) is 0.0388. The molecule has 0 spiro atoms. The van der Waals surface area contributed by atoms with Gasteiger partial charge in [0.05, 0.1) is 58.0 Å². The molecular weight excluding hydrogens is 884 g/mol. The highest BCUT2D eigenvalue weighted by atomic mass is 16.7. The van der Waals surface area contributed by atoms with E-state index in [1.54, 1.807) is 20.8 Å². The van der Waals surface area contributed by atoms with E-state index in [-0.39, 0.29) is 76.6 Å². The minimum Gasteiger partial charge on any atom is -0.394 e. The van der Waals surface area contributed by atoms with Crippen LogP contribution in [0.5, 0.6) is 0 Å². The van der Waals surface area contributed by atoms with Crippen molar-refractivity contribution >= 4 is 11.6 Å². The standard InChI is InChI=1S/C47H86O20/c1-29(2)20-47(26-59-16-10-6-7-11-17-62-44-30(3)38(53)41(56)35(21-48)65-44,27-60-24-33(51)14-8-12-18-63-45-31(4)39(54)42(57)36(22-49)66-45)28-61-25-34(52)15-9-13-19-64-46-32(5)40(55)43(58)37(23-50)67-46/h29-32,35-46,48-50,53-58H,6-28H2,1-5H3/t30?,31?,32?,35?,36?,37?,38-,39-,40-,41+,42+,43+,44-,45-,46-,47?/m1/s1. The maximum absolute atomic E-state index is 12.9. The van der Waals surface area contributed by atoms with Crippen molar-refractivity contribution in [2.45, 2.75) is 179 Å². The molecule has 67 heavy (non-hydrogen) atoms. The number of hydrogen-bond acceptors (Lipinski definition) is 20. The molecule has 0 radical (unpaired) electrons. The molecule has 3 aliphatic heterocycles. The summed E-state index contributed by atoms with van der Waals surface area (Å²) >= 11 is 0. The first kappa shape index (κ1) is 59.9. The molecule has 0 amide bonds. The van der Waals surface area contributed by atoms with Crippen LogP contribution in [-0.4, -0.2) is 211 Å². The average Bonchev–Trinajstić information content (AvgIpc) is 3.30. The zero-order valence-electron chi connectivity index (χ0n) is 40.5. The van der Waals surface area contributed by atoms with Crippen molar-refractivity contribution in [1.82, 2.24) is 0 Å². The van der Waals surface area contributed by atoms with E-state index in [2.05, 4.69) is 13.8 Å². The Bertz CT molecular complexity index is 1270. The van der Waals surface area contributed by atoms with E-state index in [9.17, 15) is 55.5 Å². The predicted molar refractivity (Wildman–Crippen MR) is 239 cm³/mol. The molecule has 15 atom stereocenters. The van der Waals surface area contributed by atoms with Gasteiger partial charge in [-0.05, 0) is 50.9 Å². The van der Waals surface area contributed by atoms with Gasteiger partial charge in [-0.1, -0.05) is 47.5 Å². The third-order valence-corrected chi connectivity index (χ3v) is 12.9. The molecular formula is C47H86O20. The number of ether oxygens (including phenoxy) is 9. The molecule has 0 aromatic heterocycles. The maximum Gasteiger partial charge on any atom is 0.163 e. The van der Waals surface area contributed by atoms with Crippen LogP contribution in [0.1, 0.15) is 105 Å². The molecule has 20 heteroatoms. The molecule has 3 saturated heterocycles. The third kappa shape index (κ3) is 20.0. The van der Waals surface area contributed by atoms with Crippen molar-refractivity contribution in [3.8, 4) is 0 Å². The molecule has 3 aliphatic rings. The van der Waals surface area contributed by atoms with Crippen molar-refractivity contribution in [3.63, 3.8) is 0 Å². The van der Waals surface area contributed by atoms with Crippen LogP contribution in [0, 0.1) is 29.1 Å². The van der Waals surface area contributed by atoms with Gasteiger partial charge in [0.2, 0.25) is 0 Å². The molecule has 0 aliphatic carbocycles. The zero-order chi connectivity index (χ0) is 49.5. The predicted octanol–water partition coefficient (Wildman–Crippen LogP) is 0.383. The van der Waals surface area contributed by atoms with E-state index in [0.717, 1.165) is 25.7 Å². The highest BCUT2D eigenvalue weighted by Gasteiger charge is 2.44. The Morgan fingerprint density at radius 2 is 0.806 bits per heavy atom. The number of Topliss-reactive ketones (excluding diaryl/α,β-unsaturated/α-hetero) is 2. The van der Waals surface area contributed by atoms with Crippen LogP contribution in [-0.2, 0) is 52.2 Å². The van der Waals surface area contributed by atoms with Gasteiger partial charge in [0, 0.05) is 62.4 Å². The summed E-state index contributed by atoms with van der Waals surface area (Å²) in [4.78, 5) is 25.9. The molecule has 20 nitrogen and oxygen atoms in total. The van der Waals surface area contributed by atoms with Crippen LogP contribution < -0.4 is 0 Å². The second-order valence-electron chi connectivity index (χ2n) is 19.4. The van der Waals surface area contributed by atoms with Gasteiger partial charge in [-0.3, -0.25) is 9.59 Å². The number of unbranched alkanes of at least 4 members (excludes halogenated alkanes) is 5. The summed E-state index contributed by atoms with van der Waals surface area (Å²) in [7, 11) is 0. The first-order valence-corrected chi connectivity index (χ1v) is 24.5. The van der Waals surface area contributed by atoms with E-state index in [1.807, 2.05) is 0 Å². The third-order valence-electron chi connectivity index (χ3n) is 12.9. The summed E-state index contributed by atoms with van der Waals surface area (Å²) in [5, 5.41) is 89.5. The summed E-state index contributed by atoms with van der Waals surface area (Å²) in [5.41, 5.74) is -0.659. The van der Waals surface area contributed by atoms with Crippen LogP contribution in [0.2, 0.25) is 0 Å². The molecule has 3 heterocycles. The molecule has 6 unspecified atom stereocenters. The van der Waals surface area contributed by atoms with Crippen LogP contribution in [0.15, 0.2) is 0 Å². The fourth-order valence-corrected chi connectivity index (χ4v) is 8.70. The normalized spacial score (nSPS) is 33.5. The molecule has 9 N–H and O–H groups in total. The van der Waals surface area contributed by atoms with Crippen LogP contribution in [0.4, 0.5) is 0 Å². The van der Waals surface area contributed by atoms with Crippen LogP contribution in [0.25, 0.3) is 0 Å². The Balaban J connectivity index is 1.45. The van der Waals surface area contributed by atoms with E-state index in [1.165, 1.54) is 0 Å².